The van der Waals surface area contributed by atoms with Gasteiger partial charge in [0.2, 0.25) is 0 Å². The predicted molar refractivity (Wildman–Crippen MR) is 72.0 cm³/mol. The van der Waals surface area contributed by atoms with E-state index in [1.54, 1.807) is 6.07 Å². The number of para-hydroxylation sites is 1. The van der Waals surface area contributed by atoms with E-state index in [1.807, 2.05) is 0 Å². The fourth-order valence-electron chi connectivity index (χ4n) is 2.13. The number of nitrogens with one attached hydrogen (secondary N) is 1. The topological polar surface area (TPSA) is 38.0 Å². The number of nitrogens with two attached hydrogens (primary N) is 1. The van der Waals surface area contributed by atoms with E-state index in [9.17, 15) is 13.2 Å². The molecule has 1 aromatic carbocycles. The zero-order valence-electron chi connectivity index (χ0n) is 11.1. The molecule has 3 N–H and O–H groups in total. The molecule has 1 unspecified atom stereocenters. The molecule has 0 saturated carbocycles. The number of rotatable bonds is 7. The Morgan fingerprint density at radius 1 is 1.21 bits per heavy atom. The van der Waals surface area contributed by atoms with Gasteiger partial charge in [0.15, 0.2) is 0 Å². The van der Waals surface area contributed by atoms with Crippen LogP contribution in [0.5, 0.6) is 0 Å². The molecule has 0 aliphatic carbocycles. The van der Waals surface area contributed by atoms with Crippen LogP contribution in [0.4, 0.5) is 18.9 Å². The Balaban J connectivity index is 2.71. The Morgan fingerprint density at radius 3 is 2.47 bits per heavy atom. The van der Waals surface area contributed by atoms with E-state index in [1.165, 1.54) is 12.1 Å². The molecule has 0 amide bonds. The van der Waals surface area contributed by atoms with Crippen LogP contribution in [0.15, 0.2) is 24.3 Å². The minimum absolute atomic E-state index is 0.146. The molecule has 0 spiro atoms. The number of alkyl halides is 3. The van der Waals surface area contributed by atoms with Crippen molar-refractivity contribution in [3.05, 3.63) is 29.8 Å². The van der Waals surface area contributed by atoms with E-state index in [4.69, 9.17) is 5.73 Å². The number of benzene rings is 1. The third-order valence-corrected chi connectivity index (χ3v) is 3.09. The summed E-state index contributed by atoms with van der Waals surface area (Å²) in [4.78, 5) is 0. The van der Waals surface area contributed by atoms with Crippen LogP contribution >= 0.6 is 0 Å². The van der Waals surface area contributed by atoms with E-state index in [-0.39, 0.29) is 5.69 Å². The Kier molecular flexibility index (Phi) is 6.15. The average molecular weight is 274 g/mol. The Hall–Kier alpha value is -1.23. The largest absolute Gasteiger partial charge is 0.418 e. The van der Waals surface area contributed by atoms with Gasteiger partial charge in [-0.15, -0.1) is 0 Å². The maximum absolute atomic E-state index is 12.8. The van der Waals surface area contributed by atoms with Crippen LogP contribution in [-0.4, -0.2) is 13.1 Å². The van der Waals surface area contributed by atoms with Crippen LogP contribution in [-0.2, 0) is 6.18 Å². The Morgan fingerprint density at radius 2 is 1.89 bits per heavy atom. The summed E-state index contributed by atoms with van der Waals surface area (Å²) in [5.74, 6) is 0.316. The molecule has 19 heavy (non-hydrogen) atoms. The van der Waals surface area contributed by atoms with Gasteiger partial charge in [0.05, 0.1) is 5.56 Å². The van der Waals surface area contributed by atoms with Gasteiger partial charge >= 0.3 is 6.18 Å². The highest BCUT2D eigenvalue weighted by molar-refractivity contribution is 5.52. The molecule has 0 saturated heterocycles. The molecule has 0 aliphatic heterocycles. The van der Waals surface area contributed by atoms with Crippen LogP contribution in [0.2, 0.25) is 0 Å². The van der Waals surface area contributed by atoms with Gasteiger partial charge in [0.25, 0.3) is 0 Å². The second kappa shape index (κ2) is 7.38. The van der Waals surface area contributed by atoms with Crippen molar-refractivity contribution in [3.8, 4) is 0 Å². The highest BCUT2D eigenvalue weighted by atomic mass is 19.4. The molecule has 5 heteroatoms. The lowest BCUT2D eigenvalue weighted by Gasteiger charge is -2.19. The summed E-state index contributed by atoms with van der Waals surface area (Å²) in [5.41, 5.74) is 5.05. The van der Waals surface area contributed by atoms with Crippen molar-refractivity contribution >= 4 is 5.69 Å². The summed E-state index contributed by atoms with van der Waals surface area (Å²) in [5, 5.41) is 2.91. The number of hydrogen-bond acceptors (Lipinski definition) is 2. The average Bonchev–Trinajstić information content (AvgIpc) is 2.36. The normalized spacial score (nSPS) is 13.3. The lowest BCUT2D eigenvalue weighted by molar-refractivity contribution is -0.136. The standard InChI is InChI=1S/C14H21F3N2/c1-2-5-11(8-9-18)10-19-13-7-4-3-6-12(13)14(15,16)17/h3-4,6-7,11,19H,2,5,8-10,18H2,1H3. The van der Waals surface area contributed by atoms with Gasteiger partial charge in [-0.05, 0) is 37.4 Å². The highest BCUT2D eigenvalue weighted by Crippen LogP contribution is 2.34. The quantitative estimate of drug-likeness (QED) is 0.791. The second-order valence-corrected chi connectivity index (χ2v) is 4.66. The first-order valence-corrected chi connectivity index (χ1v) is 6.59. The van der Waals surface area contributed by atoms with Crippen molar-refractivity contribution in [1.82, 2.24) is 0 Å². The third-order valence-electron chi connectivity index (χ3n) is 3.09. The van der Waals surface area contributed by atoms with E-state index in [0.717, 1.165) is 25.3 Å². The molecule has 0 bridgehead atoms. The molecule has 0 radical (unpaired) electrons. The van der Waals surface area contributed by atoms with Crippen LogP contribution < -0.4 is 11.1 Å². The van der Waals surface area contributed by atoms with E-state index < -0.39 is 11.7 Å². The first-order valence-electron chi connectivity index (χ1n) is 6.59. The van der Waals surface area contributed by atoms with Crippen molar-refractivity contribution in [2.24, 2.45) is 11.7 Å². The summed E-state index contributed by atoms with van der Waals surface area (Å²) in [6.07, 6.45) is -1.52. The van der Waals surface area contributed by atoms with Gasteiger partial charge in [0, 0.05) is 12.2 Å². The van der Waals surface area contributed by atoms with E-state index >= 15 is 0 Å². The van der Waals surface area contributed by atoms with Crippen molar-refractivity contribution in [3.63, 3.8) is 0 Å². The first-order chi connectivity index (χ1) is 8.99. The molecule has 0 fully saturated rings. The van der Waals surface area contributed by atoms with E-state index in [0.29, 0.717) is 19.0 Å². The van der Waals surface area contributed by atoms with Crippen LogP contribution in [0, 0.1) is 5.92 Å². The van der Waals surface area contributed by atoms with Crippen molar-refractivity contribution in [1.29, 1.82) is 0 Å². The third kappa shape index (κ3) is 5.11. The molecule has 1 aromatic rings. The lowest BCUT2D eigenvalue weighted by atomic mass is 9.99. The summed E-state index contributed by atoms with van der Waals surface area (Å²) < 4.78 is 38.4. The monoisotopic (exact) mass is 274 g/mol. The van der Waals surface area contributed by atoms with Crippen molar-refractivity contribution in [2.45, 2.75) is 32.4 Å². The zero-order chi connectivity index (χ0) is 14.3. The number of anilines is 1. The SMILES string of the molecule is CCCC(CCN)CNc1ccccc1C(F)(F)F. The van der Waals surface area contributed by atoms with Gasteiger partial charge < -0.3 is 11.1 Å². The van der Waals surface area contributed by atoms with E-state index in [2.05, 4.69) is 12.2 Å². The fourth-order valence-corrected chi connectivity index (χ4v) is 2.13. The molecule has 2 nitrogen and oxygen atoms in total. The molecule has 1 atom stereocenters. The summed E-state index contributed by atoms with van der Waals surface area (Å²) in [6, 6.07) is 5.57. The molecular formula is C14H21F3N2. The minimum Gasteiger partial charge on any atom is -0.384 e. The molecule has 0 aliphatic rings. The molecule has 0 aromatic heterocycles. The number of hydrogen-bond donors (Lipinski definition) is 2. The number of halogens is 3. The summed E-state index contributed by atoms with van der Waals surface area (Å²) in [7, 11) is 0. The maximum Gasteiger partial charge on any atom is 0.418 e. The molecule has 1 rings (SSSR count). The van der Waals surface area contributed by atoms with Gasteiger partial charge in [-0.1, -0.05) is 25.5 Å². The van der Waals surface area contributed by atoms with Crippen molar-refractivity contribution in [2.75, 3.05) is 18.4 Å². The molecule has 108 valence electrons. The Labute approximate surface area is 112 Å². The van der Waals surface area contributed by atoms with Crippen molar-refractivity contribution < 1.29 is 13.2 Å². The fraction of sp³-hybridized carbons (Fsp3) is 0.571. The summed E-state index contributed by atoms with van der Waals surface area (Å²) >= 11 is 0. The predicted octanol–water partition coefficient (Wildman–Crippen LogP) is 3.88. The van der Waals surface area contributed by atoms with Gasteiger partial charge in [0.1, 0.15) is 0 Å². The zero-order valence-corrected chi connectivity index (χ0v) is 11.1. The maximum atomic E-state index is 12.8. The summed E-state index contributed by atoms with van der Waals surface area (Å²) in [6.45, 7) is 3.15. The van der Waals surface area contributed by atoms with Gasteiger partial charge in [-0.25, -0.2) is 0 Å². The Bertz CT molecular complexity index is 371. The smallest absolute Gasteiger partial charge is 0.384 e. The van der Waals surface area contributed by atoms with Crippen LogP contribution in [0.1, 0.15) is 31.7 Å². The molecular weight excluding hydrogens is 253 g/mol. The molecule has 0 heterocycles. The second-order valence-electron chi connectivity index (χ2n) is 4.66. The first kappa shape index (κ1) is 15.8. The van der Waals surface area contributed by atoms with Gasteiger partial charge in [-0.3, -0.25) is 0 Å². The van der Waals surface area contributed by atoms with Crippen LogP contribution in [0.25, 0.3) is 0 Å². The van der Waals surface area contributed by atoms with Gasteiger partial charge in [-0.2, -0.15) is 13.2 Å². The van der Waals surface area contributed by atoms with Crippen LogP contribution in [0.3, 0.4) is 0 Å². The highest BCUT2D eigenvalue weighted by Gasteiger charge is 2.33. The lowest BCUT2D eigenvalue weighted by Crippen LogP contribution is -2.19. The minimum atomic E-state index is -4.32.